The van der Waals surface area contributed by atoms with Gasteiger partial charge in [0, 0.05) is 0 Å². The van der Waals surface area contributed by atoms with Crippen LogP contribution in [0.25, 0.3) is 0 Å². The fourth-order valence-electron chi connectivity index (χ4n) is 0.391. The summed E-state index contributed by atoms with van der Waals surface area (Å²) in [6.45, 7) is 1.79. The SMILES string of the molecule is CCCS(=O)(=O)OSN(C)C. The van der Waals surface area contributed by atoms with Crippen molar-refractivity contribution in [3.63, 3.8) is 0 Å². The lowest BCUT2D eigenvalue weighted by Crippen LogP contribution is -2.09. The van der Waals surface area contributed by atoms with Gasteiger partial charge in [-0.3, -0.25) is 0 Å². The predicted octanol–water partition coefficient (Wildman–Crippen LogP) is 0.868. The maximum Gasteiger partial charge on any atom is 0.279 e. The fraction of sp³-hybridized carbons (Fsp3) is 1.00. The Labute approximate surface area is 72.4 Å². The van der Waals surface area contributed by atoms with Crippen LogP contribution in [-0.2, 0) is 13.7 Å². The van der Waals surface area contributed by atoms with Crippen molar-refractivity contribution in [3.05, 3.63) is 0 Å². The van der Waals surface area contributed by atoms with Gasteiger partial charge in [0.2, 0.25) is 0 Å². The van der Waals surface area contributed by atoms with E-state index in [0.717, 1.165) is 12.2 Å². The summed E-state index contributed by atoms with van der Waals surface area (Å²) in [5.41, 5.74) is 0. The lowest BCUT2D eigenvalue weighted by molar-refractivity contribution is 0.502. The summed E-state index contributed by atoms with van der Waals surface area (Å²) in [5.74, 6) is 0.0772. The van der Waals surface area contributed by atoms with Crippen LogP contribution in [0.4, 0.5) is 0 Å². The van der Waals surface area contributed by atoms with Gasteiger partial charge in [0.25, 0.3) is 10.1 Å². The minimum atomic E-state index is -3.31. The van der Waals surface area contributed by atoms with Crippen LogP contribution in [0.5, 0.6) is 0 Å². The third-order valence-electron chi connectivity index (χ3n) is 0.737. The maximum absolute atomic E-state index is 10.9. The van der Waals surface area contributed by atoms with E-state index in [1.807, 2.05) is 0 Å². The van der Waals surface area contributed by atoms with Crippen LogP contribution < -0.4 is 0 Å². The van der Waals surface area contributed by atoms with Crippen LogP contribution in [-0.4, -0.2) is 32.6 Å². The van der Waals surface area contributed by atoms with Crippen molar-refractivity contribution in [2.75, 3.05) is 19.8 Å². The van der Waals surface area contributed by atoms with E-state index in [1.165, 1.54) is 0 Å². The van der Waals surface area contributed by atoms with Crippen molar-refractivity contribution in [2.24, 2.45) is 0 Å². The Bertz CT molecular complexity index is 188. The molecule has 0 rings (SSSR count). The van der Waals surface area contributed by atoms with Crippen molar-refractivity contribution in [3.8, 4) is 0 Å². The molecular weight excluding hydrogens is 186 g/mol. The molecule has 0 amide bonds. The summed E-state index contributed by atoms with van der Waals surface area (Å²) >= 11 is 0.824. The lowest BCUT2D eigenvalue weighted by atomic mass is 10.6. The quantitative estimate of drug-likeness (QED) is 0.485. The predicted molar refractivity (Wildman–Crippen MR) is 46.4 cm³/mol. The second kappa shape index (κ2) is 4.97. The average molecular weight is 199 g/mol. The zero-order valence-corrected chi connectivity index (χ0v) is 8.54. The lowest BCUT2D eigenvalue weighted by Gasteiger charge is -2.06. The van der Waals surface area contributed by atoms with E-state index < -0.39 is 10.1 Å². The molecule has 0 fully saturated rings. The number of rotatable bonds is 5. The van der Waals surface area contributed by atoms with E-state index >= 15 is 0 Å². The van der Waals surface area contributed by atoms with Gasteiger partial charge < -0.3 is 0 Å². The van der Waals surface area contributed by atoms with E-state index in [1.54, 1.807) is 25.3 Å². The molecule has 0 aliphatic carbocycles. The molecule has 4 nitrogen and oxygen atoms in total. The Kier molecular flexibility index (Phi) is 5.07. The number of hydrogen-bond acceptors (Lipinski definition) is 5. The van der Waals surface area contributed by atoms with Crippen LogP contribution in [0.2, 0.25) is 0 Å². The molecule has 0 bridgehead atoms. The summed E-state index contributed by atoms with van der Waals surface area (Å²) in [7, 11) is 0.123. The first kappa shape index (κ1) is 11.2. The fourth-order valence-corrected chi connectivity index (χ4v) is 2.02. The second-order valence-electron chi connectivity index (χ2n) is 2.22. The molecule has 0 saturated carbocycles. The molecule has 6 heteroatoms. The molecule has 0 N–H and O–H groups in total. The Hall–Kier alpha value is 0.220. The van der Waals surface area contributed by atoms with Gasteiger partial charge >= 0.3 is 0 Å². The maximum atomic E-state index is 10.9. The normalized spacial score (nSPS) is 12.4. The Balaban J connectivity index is 3.74. The Morgan fingerprint density at radius 1 is 1.45 bits per heavy atom. The summed E-state index contributed by atoms with van der Waals surface area (Å²) < 4.78 is 27.9. The topological polar surface area (TPSA) is 46.6 Å². The van der Waals surface area contributed by atoms with Crippen LogP contribution in [0.1, 0.15) is 13.3 Å². The van der Waals surface area contributed by atoms with Crippen LogP contribution in [0.15, 0.2) is 0 Å². The summed E-state index contributed by atoms with van der Waals surface area (Å²) in [5, 5.41) is 0. The summed E-state index contributed by atoms with van der Waals surface area (Å²) in [6.07, 6.45) is 0.580. The average Bonchev–Trinajstić information content (AvgIpc) is 1.84. The standard InChI is InChI=1S/C5H13NO3S2/c1-4-5-11(7,8)9-10-6(2)3/h4-5H2,1-3H3. The van der Waals surface area contributed by atoms with Crippen LogP contribution >= 0.6 is 12.2 Å². The van der Waals surface area contributed by atoms with Gasteiger partial charge in [0.1, 0.15) is 12.2 Å². The first-order valence-corrected chi connectivity index (χ1v) is 5.52. The molecule has 0 aromatic heterocycles. The molecule has 0 unspecified atom stereocenters. The second-order valence-corrected chi connectivity index (χ2v) is 5.16. The third kappa shape index (κ3) is 6.61. The molecule has 0 spiro atoms. The van der Waals surface area contributed by atoms with Crippen molar-refractivity contribution in [1.29, 1.82) is 0 Å². The summed E-state index contributed by atoms with van der Waals surface area (Å²) in [6, 6.07) is 0. The van der Waals surface area contributed by atoms with Gasteiger partial charge in [-0.15, -0.1) is 0 Å². The molecule has 0 aromatic carbocycles. The first-order valence-electron chi connectivity index (χ1n) is 3.24. The van der Waals surface area contributed by atoms with Crippen LogP contribution in [0.3, 0.4) is 0 Å². The van der Waals surface area contributed by atoms with Crippen molar-refractivity contribution in [1.82, 2.24) is 4.31 Å². The zero-order valence-electron chi connectivity index (χ0n) is 6.90. The van der Waals surface area contributed by atoms with E-state index in [-0.39, 0.29) is 5.75 Å². The highest BCUT2D eigenvalue weighted by atomic mass is 32.3. The smallest absolute Gasteiger partial charge is 0.232 e. The molecule has 68 valence electrons. The van der Waals surface area contributed by atoms with E-state index in [2.05, 4.69) is 3.63 Å². The van der Waals surface area contributed by atoms with E-state index in [9.17, 15) is 8.42 Å². The van der Waals surface area contributed by atoms with Crippen molar-refractivity contribution < 1.29 is 12.0 Å². The minimum absolute atomic E-state index is 0.0772. The highest BCUT2D eigenvalue weighted by Crippen LogP contribution is 2.11. The molecule has 0 aromatic rings. The van der Waals surface area contributed by atoms with Gasteiger partial charge in [-0.25, -0.2) is 4.31 Å². The molecule has 0 aliphatic heterocycles. The molecule has 0 heterocycles. The van der Waals surface area contributed by atoms with Gasteiger partial charge in [0.15, 0.2) is 0 Å². The molecular formula is C5H13NO3S2. The zero-order chi connectivity index (χ0) is 8.91. The third-order valence-corrected chi connectivity index (χ3v) is 3.02. The number of hydrogen-bond donors (Lipinski definition) is 0. The molecule has 0 radical (unpaired) electrons. The van der Waals surface area contributed by atoms with E-state index in [4.69, 9.17) is 0 Å². The van der Waals surface area contributed by atoms with Gasteiger partial charge in [-0.1, -0.05) is 6.92 Å². The largest absolute Gasteiger partial charge is 0.279 e. The first-order chi connectivity index (χ1) is 4.98. The van der Waals surface area contributed by atoms with Crippen molar-refractivity contribution >= 4 is 22.3 Å². The molecule has 11 heavy (non-hydrogen) atoms. The van der Waals surface area contributed by atoms with E-state index in [0.29, 0.717) is 6.42 Å². The Morgan fingerprint density at radius 3 is 2.36 bits per heavy atom. The molecule has 0 atom stereocenters. The molecule has 0 saturated heterocycles. The Morgan fingerprint density at radius 2 is 2.00 bits per heavy atom. The monoisotopic (exact) mass is 199 g/mol. The van der Waals surface area contributed by atoms with Crippen molar-refractivity contribution in [2.45, 2.75) is 13.3 Å². The summed E-state index contributed by atoms with van der Waals surface area (Å²) in [4.78, 5) is 0. The number of nitrogens with zero attached hydrogens (tertiary/aromatic N) is 1. The highest BCUT2D eigenvalue weighted by molar-refractivity contribution is 8.03. The molecule has 0 aliphatic rings. The minimum Gasteiger partial charge on any atom is -0.232 e. The van der Waals surface area contributed by atoms with Crippen LogP contribution in [0, 0.1) is 0 Å². The highest BCUT2D eigenvalue weighted by Gasteiger charge is 2.10. The van der Waals surface area contributed by atoms with Gasteiger partial charge in [0.05, 0.1) is 5.75 Å². The van der Waals surface area contributed by atoms with Gasteiger partial charge in [-0.05, 0) is 20.5 Å². The van der Waals surface area contributed by atoms with Gasteiger partial charge in [-0.2, -0.15) is 12.0 Å².